The minimum Gasteiger partial charge on any atom is -0.497 e. The van der Waals surface area contributed by atoms with E-state index in [0.717, 1.165) is 0 Å². The third-order valence-corrected chi connectivity index (χ3v) is 3.86. The second kappa shape index (κ2) is 5.80. The predicted molar refractivity (Wildman–Crippen MR) is 73.9 cm³/mol. The average molecular weight is 309 g/mol. The standard InChI is InChI=1S/C13H11NO6S/c1-19-11-6-8-13(9-7-11)21(17,18)20-12-4-2-10(3-5-12)14(15)16/h2-9H,1H3. The number of nitro groups is 1. The maximum Gasteiger partial charge on any atom is 0.339 e. The lowest BCUT2D eigenvalue weighted by Crippen LogP contribution is -2.09. The molecule has 2 aromatic carbocycles. The van der Waals surface area contributed by atoms with Gasteiger partial charge in [0.05, 0.1) is 12.0 Å². The molecule has 0 unspecified atom stereocenters. The van der Waals surface area contributed by atoms with Crippen LogP contribution >= 0.6 is 0 Å². The lowest BCUT2D eigenvalue weighted by molar-refractivity contribution is -0.384. The lowest BCUT2D eigenvalue weighted by atomic mass is 10.3. The first-order valence-electron chi connectivity index (χ1n) is 5.75. The molecular weight excluding hydrogens is 298 g/mol. The van der Waals surface area contributed by atoms with E-state index < -0.39 is 15.0 Å². The molecule has 0 aliphatic rings. The van der Waals surface area contributed by atoms with E-state index in [2.05, 4.69) is 0 Å². The molecule has 0 saturated heterocycles. The normalized spacial score (nSPS) is 10.9. The van der Waals surface area contributed by atoms with Crippen molar-refractivity contribution in [3.63, 3.8) is 0 Å². The van der Waals surface area contributed by atoms with Crippen LogP contribution in [0.5, 0.6) is 11.5 Å². The number of hydrogen-bond acceptors (Lipinski definition) is 6. The molecular formula is C13H11NO6S. The van der Waals surface area contributed by atoms with Gasteiger partial charge in [0.15, 0.2) is 0 Å². The average Bonchev–Trinajstić information content (AvgIpc) is 2.47. The Morgan fingerprint density at radius 3 is 1.95 bits per heavy atom. The molecule has 0 N–H and O–H groups in total. The molecule has 2 aromatic rings. The third-order valence-electron chi connectivity index (χ3n) is 2.60. The van der Waals surface area contributed by atoms with Crippen molar-refractivity contribution in [1.82, 2.24) is 0 Å². The number of methoxy groups -OCH3 is 1. The first-order valence-corrected chi connectivity index (χ1v) is 7.16. The van der Waals surface area contributed by atoms with Gasteiger partial charge in [0.2, 0.25) is 0 Å². The van der Waals surface area contributed by atoms with Gasteiger partial charge in [0, 0.05) is 12.1 Å². The number of rotatable bonds is 5. The van der Waals surface area contributed by atoms with E-state index >= 15 is 0 Å². The summed E-state index contributed by atoms with van der Waals surface area (Å²) in [5.74, 6) is 0.515. The van der Waals surface area contributed by atoms with Gasteiger partial charge in [-0.25, -0.2) is 0 Å². The molecule has 0 amide bonds. The van der Waals surface area contributed by atoms with Gasteiger partial charge in [0.25, 0.3) is 5.69 Å². The van der Waals surface area contributed by atoms with Gasteiger partial charge < -0.3 is 8.92 Å². The zero-order valence-corrected chi connectivity index (χ0v) is 11.7. The monoisotopic (exact) mass is 309 g/mol. The van der Waals surface area contributed by atoms with Crippen LogP contribution in [0.2, 0.25) is 0 Å². The molecule has 0 radical (unpaired) electrons. The molecule has 0 heterocycles. The molecule has 0 aliphatic heterocycles. The van der Waals surface area contributed by atoms with E-state index in [4.69, 9.17) is 8.92 Å². The van der Waals surface area contributed by atoms with Crippen molar-refractivity contribution in [2.45, 2.75) is 4.90 Å². The predicted octanol–water partition coefficient (Wildman–Crippen LogP) is 2.37. The zero-order chi connectivity index (χ0) is 15.5. The molecule has 110 valence electrons. The highest BCUT2D eigenvalue weighted by atomic mass is 32.2. The van der Waals surface area contributed by atoms with Gasteiger partial charge in [-0.1, -0.05) is 0 Å². The Hall–Kier alpha value is -2.61. The van der Waals surface area contributed by atoms with Gasteiger partial charge in [-0.2, -0.15) is 8.42 Å². The molecule has 8 heteroatoms. The van der Waals surface area contributed by atoms with Gasteiger partial charge >= 0.3 is 10.1 Å². The Labute approximate surface area is 121 Å². The van der Waals surface area contributed by atoms with Crippen LogP contribution in [-0.4, -0.2) is 20.5 Å². The number of nitrogens with zero attached hydrogens (tertiary/aromatic N) is 1. The van der Waals surface area contributed by atoms with Crippen LogP contribution in [0, 0.1) is 10.1 Å². The van der Waals surface area contributed by atoms with Crippen molar-refractivity contribution >= 4 is 15.8 Å². The SMILES string of the molecule is COc1ccc(S(=O)(=O)Oc2ccc([N+](=O)[O-])cc2)cc1. The third kappa shape index (κ3) is 3.48. The Bertz CT molecular complexity index is 737. The maximum atomic E-state index is 12.0. The maximum absolute atomic E-state index is 12.0. The van der Waals surface area contributed by atoms with E-state index in [1.807, 2.05) is 0 Å². The minimum atomic E-state index is -4.00. The van der Waals surface area contributed by atoms with Gasteiger partial charge in [-0.15, -0.1) is 0 Å². The number of benzene rings is 2. The largest absolute Gasteiger partial charge is 0.497 e. The topological polar surface area (TPSA) is 95.7 Å². The molecule has 0 aromatic heterocycles. The van der Waals surface area contributed by atoms with Crippen molar-refractivity contribution in [2.24, 2.45) is 0 Å². The molecule has 0 bridgehead atoms. The minimum absolute atomic E-state index is 0.00332. The zero-order valence-electron chi connectivity index (χ0n) is 10.9. The highest BCUT2D eigenvalue weighted by Gasteiger charge is 2.17. The van der Waals surface area contributed by atoms with E-state index in [-0.39, 0.29) is 16.3 Å². The molecule has 2 rings (SSSR count). The van der Waals surface area contributed by atoms with Crippen molar-refractivity contribution in [3.8, 4) is 11.5 Å². The van der Waals surface area contributed by atoms with Crippen LogP contribution in [0.4, 0.5) is 5.69 Å². The molecule has 7 nitrogen and oxygen atoms in total. The summed E-state index contributed by atoms with van der Waals surface area (Å²) in [5, 5.41) is 10.5. The smallest absolute Gasteiger partial charge is 0.339 e. The summed E-state index contributed by atoms with van der Waals surface area (Å²) in [6.45, 7) is 0. The summed E-state index contributed by atoms with van der Waals surface area (Å²) in [6.07, 6.45) is 0. The Balaban J connectivity index is 2.21. The first-order chi connectivity index (χ1) is 9.92. The molecule has 21 heavy (non-hydrogen) atoms. The molecule has 0 atom stereocenters. The Morgan fingerprint density at radius 2 is 1.48 bits per heavy atom. The summed E-state index contributed by atoms with van der Waals surface area (Å²) < 4.78 is 33.9. The van der Waals surface area contributed by atoms with Crippen LogP contribution in [-0.2, 0) is 10.1 Å². The molecule has 0 aliphatic carbocycles. The van der Waals surface area contributed by atoms with Crippen molar-refractivity contribution in [2.75, 3.05) is 7.11 Å². The first kappa shape index (κ1) is 14.8. The second-order valence-corrected chi connectivity index (χ2v) is 5.51. The van der Waals surface area contributed by atoms with Crippen LogP contribution in [0.3, 0.4) is 0 Å². The Morgan fingerprint density at radius 1 is 0.952 bits per heavy atom. The van der Waals surface area contributed by atoms with Crippen molar-refractivity contribution in [1.29, 1.82) is 0 Å². The van der Waals surface area contributed by atoms with Gasteiger partial charge in [-0.3, -0.25) is 10.1 Å². The van der Waals surface area contributed by atoms with Crippen LogP contribution in [0.25, 0.3) is 0 Å². The fourth-order valence-corrected chi connectivity index (χ4v) is 2.47. The fraction of sp³-hybridized carbons (Fsp3) is 0.0769. The highest BCUT2D eigenvalue weighted by molar-refractivity contribution is 7.87. The van der Waals surface area contributed by atoms with E-state index in [9.17, 15) is 18.5 Å². The second-order valence-electron chi connectivity index (χ2n) is 3.96. The summed E-state index contributed by atoms with van der Waals surface area (Å²) >= 11 is 0. The fourth-order valence-electron chi connectivity index (χ4n) is 1.54. The van der Waals surface area contributed by atoms with E-state index in [1.54, 1.807) is 0 Å². The number of ether oxygens (including phenoxy) is 1. The Kier molecular flexibility index (Phi) is 4.08. The van der Waals surface area contributed by atoms with Crippen molar-refractivity contribution < 1.29 is 22.3 Å². The van der Waals surface area contributed by atoms with E-state index in [1.165, 1.54) is 55.6 Å². The highest BCUT2D eigenvalue weighted by Crippen LogP contribution is 2.22. The van der Waals surface area contributed by atoms with Crippen LogP contribution in [0.1, 0.15) is 0 Å². The van der Waals surface area contributed by atoms with Crippen LogP contribution in [0.15, 0.2) is 53.4 Å². The van der Waals surface area contributed by atoms with E-state index in [0.29, 0.717) is 5.75 Å². The number of nitro benzene ring substituents is 1. The number of non-ortho nitro benzene ring substituents is 1. The van der Waals surface area contributed by atoms with Gasteiger partial charge in [-0.05, 0) is 36.4 Å². The van der Waals surface area contributed by atoms with Crippen molar-refractivity contribution in [3.05, 3.63) is 58.6 Å². The summed E-state index contributed by atoms with van der Waals surface area (Å²) in [4.78, 5) is 9.89. The summed E-state index contributed by atoms with van der Waals surface area (Å²) in [5.41, 5.74) is -0.149. The number of hydrogen-bond donors (Lipinski definition) is 0. The molecule has 0 spiro atoms. The quantitative estimate of drug-likeness (QED) is 0.478. The summed E-state index contributed by atoms with van der Waals surface area (Å²) in [7, 11) is -2.53. The molecule has 0 fully saturated rings. The van der Waals surface area contributed by atoms with Gasteiger partial charge in [0.1, 0.15) is 16.4 Å². The van der Waals surface area contributed by atoms with Crippen LogP contribution < -0.4 is 8.92 Å². The lowest BCUT2D eigenvalue weighted by Gasteiger charge is -2.07. The molecule has 0 saturated carbocycles. The summed E-state index contributed by atoms with van der Waals surface area (Å²) in [6, 6.07) is 10.5.